The first kappa shape index (κ1) is 14.0. The normalized spacial score (nSPS) is 30.3. The molecule has 1 saturated heterocycles. The molecule has 5 nitrogen and oxygen atoms in total. The van der Waals surface area contributed by atoms with Gasteiger partial charge in [0.2, 0.25) is 11.7 Å². The lowest BCUT2D eigenvalue weighted by Crippen LogP contribution is -2.33. The van der Waals surface area contributed by atoms with Crippen LogP contribution in [0.2, 0.25) is 0 Å². The predicted molar refractivity (Wildman–Crippen MR) is 75.2 cm³/mol. The van der Waals surface area contributed by atoms with Gasteiger partial charge in [0.05, 0.1) is 6.04 Å². The quantitative estimate of drug-likeness (QED) is 0.921. The monoisotopic (exact) mass is 279 g/mol. The van der Waals surface area contributed by atoms with Crippen molar-refractivity contribution < 1.29 is 9.26 Å². The number of methoxy groups -OCH3 is 1. The highest BCUT2D eigenvalue weighted by Crippen LogP contribution is 2.39. The molecule has 5 heteroatoms. The molecule has 2 atom stereocenters. The molecule has 2 aliphatic rings. The second-order valence-electron chi connectivity index (χ2n) is 6.35. The number of piperidine rings is 1. The zero-order chi connectivity index (χ0) is 14.0. The lowest BCUT2D eigenvalue weighted by molar-refractivity contribution is -0.0527. The van der Waals surface area contributed by atoms with Gasteiger partial charge in [0, 0.05) is 7.11 Å². The Morgan fingerprint density at radius 2 is 2.10 bits per heavy atom. The topological polar surface area (TPSA) is 60.2 Å². The lowest BCUT2D eigenvalue weighted by atomic mass is 9.84. The summed E-state index contributed by atoms with van der Waals surface area (Å²) < 4.78 is 11.3. The molecule has 0 bridgehead atoms. The maximum atomic E-state index is 5.78. The summed E-state index contributed by atoms with van der Waals surface area (Å²) in [4.78, 5) is 4.67. The molecule has 0 spiro atoms. The maximum Gasteiger partial charge on any atom is 0.243 e. The third-order valence-electron chi connectivity index (χ3n) is 4.87. The van der Waals surface area contributed by atoms with Gasteiger partial charge < -0.3 is 14.6 Å². The van der Waals surface area contributed by atoms with Crippen molar-refractivity contribution in [1.82, 2.24) is 15.5 Å². The number of ether oxygens (including phenoxy) is 1. The molecular formula is C15H25N3O2. The number of rotatable bonds is 3. The van der Waals surface area contributed by atoms with Crippen LogP contribution in [0.3, 0.4) is 0 Å². The Bertz CT molecular complexity index is 440. The number of nitrogens with zero attached hydrogens (tertiary/aromatic N) is 2. The van der Waals surface area contributed by atoms with Gasteiger partial charge in [-0.1, -0.05) is 31.3 Å². The van der Waals surface area contributed by atoms with Crippen LogP contribution in [0.5, 0.6) is 0 Å². The Morgan fingerprint density at radius 3 is 2.80 bits per heavy atom. The van der Waals surface area contributed by atoms with Gasteiger partial charge in [-0.2, -0.15) is 4.98 Å². The molecule has 2 heterocycles. The molecule has 1 aliphatic carbocycles. The maximum absolute atomic E-state index is 5.78. The summed E-state index contributed by atoms with van der Waals surface area (Å²) in [6.07, 6.45) is 7.92. The SMILES string of the molecule is COC1(c2noc(C3CC(C)CCN3)n2)CCCCC1. The molecule has 1 aromatic rings. The van der Waals surface area contributed by atoms with Gasteiger partial charge in [-0.15, -0.1) is 0 Å². The van der Waals surface area contributed by atoms with Gasteiger partial charge in [-0.05, 0) is 38.1 Å². The minimum Gasteiger partial charge on any atom is -0.370 e. The van der Waals surface area contributed by atoms with Crippen molar-refractivity contribution in [2.75, 3.05) is 13.7 Å². The molecule has 3 rings (SSSR count). The van der Waals surface area contributed by atoms with Crippen LogP contribution in [0, 0.1) is 5.92 Å². The van der Waals surface area contributed by atoms with Crippen molar-refractivity contribution in [3.05, 3.63) is 11.7 Å². The fraction of sp³-hybridized carbons (Fsp3) is 0.867. The molecule has 1 aromatic heterocycles. The fourth-order valence-corrected chi connectivity index (χ4v) is 3.50. The van der Waals surface area contributed by atoms with Crippen molar-refractivity contribution in [2.24, 2.45) is 5.92 Å². The third kappa shape index (κ3) is 2.61. The number of nitrogens with one attached hydrogen (secondary N) is 1. The van der Waals surface area contributed by atoms with Crippen molar-refractivity contribution >= 4 is 0 Å². The van der Waals surface area contributed by atoms with Gasteiger partial charge in [0.15, 0.2) is 0 Å². The first-order valence-electron chi connectivity index (χ1n) is 7.86. The lowest BCUT2D eigenvalue weighted by Gasteiger charge is -2.32. The van der Waals surface area contributed by atoms with Crippen LogP contribution in [0.25, 0.3) is 0 Å². The Labute approximate surface area is 120 Å². The Kier molecular flexibility index (Phi) is 4.08. The summed E-state index contributed by atoms with van der Waals surface area (Å²) in [5, 5.41) is 7.71. The van der Waals surface area contributed by atoms with Gasteiger partial charge in [-0.25, -0.2) is 0 Å². The average Bonchev–Trinajstić information content (AvgIpc) is 2.98. The molecule has 20 heavy (non-hydrogen) atoms. The highest BCUT2D eigenvalue weighted by Gasteiger charge is 2.39. The molecule has 2 unspecified atom stereocenters. The highest BCUT2D eigenvalue weighted by atomic mass is 16.5. The smallest absolute Gasteiger partial charge is 0.243 e. The molecule has 1 N–H and O–H groups in total. The van der Waals surface area contributed by atoms with Crippen LogP contribution in [-0.2, 0) is 10.3 Å². The number of hydrogen-bond donors (Lipinski definition) is 1. The largest absolute Gasteiger partial charge is 0.370 e. The van der Waals surface area contributed by atoms with Crippen LogP contribution in [0.15, 0.2) is 4.52 Å². The summed E-state index contributed by atoms with van der Waals surface area (Å²) in [6, 6.07) is 0.206. The molecule has 112 valence electrons. The van der Waals surface area contributed by atoms with Crippen LogP contribution >= 0.6 is 0 Å². The third-order valence-corrected chi connectivity index (χ3v) is 4.87. The van der Waals surface area contributed by atoms with E-state index in [-0.39, 0.29) is 11.6 Å². The van der Waals surface area contributed by atoms with Crippen molar-refractivity contribution in [1.29, 1.82) is 0 Å². The van der Waals surface area contributed by atoms with Gasteiger partial charge in [0.25, 0.3) is 0 Å². The molecule has 0 amide bonds. The van der Waals surface area contributed by atoms with E-state index in [1.165, 1.54) is 25.7 Å². The van der Waals surface area contributed by atoms with Crippen LogP contribution in [0.1, 0.15) is 69.6 Å². The van der Waals surface area contributed by atoms with E-state index in [0.717, 1.165) is 37.5 Å². The summed E-state index contributed by atoms with van der Waals surface area (Å²) in [5.41, 5.74) is -0.319. The molecule has 2 fully saturated rings. The number of hydrogen-bond acceptors (Lipinski definition) is 5. The molecule has 1 aliphatic heterocycles. The van der Waals surface area contributed by atoms with Crippen molar-refractivity contribution in [3.8, 4) is 0 Å². The van der Waals surface area contributed by atoms with E-state index in [4.69, 9.17) is 9.26 Å². The Hall–Kier alpha value is -0.940. The van der Waals surface area contributed by atoms with Gasteiger partial charge in [-0.3, -0.25) is 0 Å². The first-order chi connectivity index (χ1) is 9.73. The van der Waals surface area contributed by atoms with Crippen molar-refractivity contribution in [2.45, 2.75) is 63.5 Å². The minimum absolute atomic E-state index is 0.206. The van der Waals surface area contributed by atoms with E-state index in [2.05, 4.69) is 22.4 Å². The standard InChI is InChI=1S/C15H25N3O2/c1-11-6-9-16-12(10-11)13-17-14(18-20-13)15(19-2)7-4-3-5-8-15/h11-12,16H,3-10H2,1-2H3. The second-order valence-corrected chi connectivity index (χ2v) is 6.35. The summed E-state index contributed by atoms with van der Waals surface area (Å²) >= 11 is 0. The van der Waals surface area contributed by atoms with Crippen molar-refractivity contribution in [3.63, 3.8) is 0 Å². The zero-order valence-electron chi connectivity index (χ0n) is 12.5. The zero-order valence-corrected chi connectivity index (χ0v) is 12.5. The summed E-state index contributed by atoms with van der Waals surface area (Å²) in [5.74, 6) is 2.19. The molecule has 1 saturated carbocycles. The molecule has 0 aromatic carbocycles. The van der Waals surface area contributed by atoms with E-state index < -0.39 is 0 Å². The van der Waals surface area contributed by atoms with E-state index in [1.54, 1.807) is 7.11 Å². The second kappa shape index (κ2) is 5.82. The molecular weight excluding hydrogens is 254 g/mol. The van der Waals surface area contributed by atoms with Crippen LogP contribution in [-0.4, -0.2) is 23.8 Å². The summed E-state index contributed by atoms with van der Waals surface area (Å²) in [7, 11) is 1.77. The fourth-order valence-electron chi connectivity index (χ4n) is 3.50. The van der Waals surface area contributed by atoms with E-state index >= 15 is 0 Å². The minimum atomic E-state index is -0.319. The van der Waals surface area contributed by atoms with E-state index in [1.807, 2.05) is 0 Å². The van der Waals surface area contributed by atoms with Gasteiger partial charge >= 0.3 is 0 Å². The summed E-state index contributed by atoms with van der Waals surface area (Å²) in [6.45, 7) is 3.31. The van der Waals surface area contributed by atoms with E-state index in [9.17, 15) is 0 Å². The van der Waals surface area contributed by atoms with Crippen LogP contribution in [0.4, 0.5) is 0 Å². The van der Waals surface area contributed by atoms with Gasteiger partial charge in [0.1, 0.15) is 5.60 Å². The number of aromatic nitrogens is 2. The van der Waals surface area contributed by atoms with Crippen LogP contribution < -0.4 is 5.32 Å². The average molecular weight is 279 g/mol. The highest BCUT2D eigenvalue weighted by molar-refractivity contribution is 5.05. The Balaban J connectivity index is 1.78. The van der Waals surface area contributed by atoms with E-state index in [0.29, 0.717) is 5.92 Å². The predicted octanol–water partition coefficient (Wildman–Crippen LogP) is 2.94. The Morgan fingerprint density at radius 1 is 1.30 bits per heavy atom. The first-order valence-corrected chi connectivity index (χ1v) is 7.86. The molecule has 0 radical (unpaired) electrons.